The summed E-state index contributed by atoms with van der Waals surface area (Å²) < 4.78 is 26.4. The van der Waals surface area contributed by atoms with Crippen molar-refractivity contribution in [3.8, 4) is 17.2 Å². The van der Waals surface area contributed by atoms with Gasteiger partial charge in [0.2, 0.25) is 5.91 Å². The van der Waals surface area contributed by atoms with Gasteiger partial charge in [0.25, 0.3) is 5.56 Å². The van der Waals surface area contributed by atoms with Gasteiger partial charge in [-0.1, -0.05) is 42.1 Å². The number of hydrogen-bond acceptors (Lipinski definition) is 6. The first kappa shape index (κ1) is 23.4. The number of carbonyl (C=O) groups excluding carboxylic acids is 1. The van der Waals surface area contributed by atoms with E-state index in [2.05, 4.69) is 15.3 Å². The topological polar surface area (TPSA) is 98.2 Å². The molecule has 8 nitrogen and oxygen atoms in total. The Kier molecular flexibility index (Phi) is 6.34. The van der Waals surface area contributed by atoms with Crippen molar-refractivity contribution >= 4 is 45.3 Å². The number of benzene rings is 3. The third-order valence-electron chi connectivity index (χ3n) is 5.59. The summed E-state index contributed by atoms with van der Waals surface area (Å²) in [7, 11) is 3.03. The summed E-state index contributed by atoms with van der Waals surface area (Å²) in [5.74, 6) is 0.0372. The van der Waals surface area contributed by atoms with Crippen molar-refractivity contribution in [3.05, 3.63) is 82.9 Å². The van der Waals surface area contributed by atoms with Gasteiger partial charge in [0.1, 0.15) is 16.9 Å². The van der Waals surface area contributed by atoms with Crippen LogP contribution in [-0.4, -0.2) is 40.4 Å². The molecule has 1 amide bonds. The number of hydrogen-bond donors (Lipinski definition) is 2. The van der Waals surface area contributed by atoms with Crippen LogP contribution in [0.5, 0.6) is 11.5 Å². The van der Waals surface area contributed by atoms with Gasteiger partial charge in [-0.3, -0.25) is 14.2 Å². The molecule has 2 N–H and O–H groups in total. The van der Waals surface area contributed by atoms with Gasteiger partial charge in [-0.05, 0) is 30.3 Å². The highest BCUT2D eigenvalue weighted by molar-refractivity contribution is 7.99. The molecule has 0 fully saturated rings. The number of nitrogens with zero attached hydrogens (tertiary/aromatic N) is 2. The van der Waals surface area contributed by atoms with E-state index in [9.17, 15) is 14.0 Å². The smallest absolute Gasteiger partial charge is 0.283 e. The van der Waals surface area contributed by atoms with Gasteiger partial charge in [0.15, 0.2) is 16.7 Å². The van der Waals surface area contributed by atoms with Gasteiger partial charge in [-0.2, -0.15) is 0 Å². The van der Waals surface area contributed by atoms with E-state index in [0.717, 1.165) is 22.7 Å². The molecule has 36 heavy (non-hydrogen) atoms. The minimum absolute atomic E-state index is 0.0540. The summed E-state index contributed by atoms with van der Waals surface area (Å²) in [6.45, 7) is 0. The second-order valence-corrected chi connectivity index (χ2v) is 8.73. The summed E-state index contributed by atoms with van der Waals surface area (Å²) in [4.78, 5) is 34.1. The molecule has 2 aromatic heterocycles. The Morgan fingerprint density at radius 1 is 1.06 bits per heavy atom. The van der Waals surface area contributed by atoms with Gasteiger partial charge in [0, 0.05) is 22.7 Å². The van der Waals surface area contributed by atoms with E-state index >= 15 is 0 Å². The van der Waals surface area contributed by atoms with Crippen molar-refractivity contribution < 1.29 is 18.7 Å². The number of rotatable bonds is 7. The molecule has 5 rings (SSSR count). The zero-order chi connectivity index (χ0) is 25.2. The lowest BCUT2D eigenvalue weighted by atomic mass is 10.2. The first-order valence-corrected chi connectivity index (χ1v) is 11.9. The van der Waals surface area contributed by atoms with Crippen LogP contribution >= 0.6 is 11.8 Å². The van der Waals surface area contributed by atoms with Crippen molar-refractivity contribution in [2.75, 3.05) is 25.3 Å². The number of para-hydroxylation sites is 2. The first-order chi connectivity index (χ1) is 17.5. The number of amides is 1. The number of halogens is 1. The standard InChI is InChI=1S/C26H21FN4O4S/c1-34-20-12-11-15(13-21(20)35-2)28-22(32)14-36-26-30-23-16-7-3-5-9-18(16)29-24(23)25(33)31(26)19-10-6-4-8-17(19)27/h3-13,29H,14H2,1-2H3,(H,28,32). The molecule has 3 aromatic carbocycles. The number of thioether (sulfide) groups is 1. The largest absolute Gasteiger partial charge is 0.493 e. The van der Waals surface area contributed by atoms with Gasteiger partial charge in [0.05, 0.1) is 25.7 Å². The molecule has 0 bridgehead atoms. The first-order valence-electron chi connectivity index (χ1n) is 10.9. The normalized spacial score (nSPS) is 11.1. The van der Waals surface area contributed by atoms with Crippen LogP contribution in [0.3, 0.4) is 0 Å². The predicted molar refractivity (Wildman–Crippen MR) is 138 cm³/mol. The van der Waals surface area contributed by atoms with Gasteiger partial charge in [-0.25, -0.2) is 9.37 Å². The van der Waals surface area contributed by atoms with Crippen molar-refractivity contribution in [2.24, 2.45) is 0 Å². The van der Waals surface area contributed by atoms with Crippen LogP contribution in [0.4, 0.5) is 10.1 Å². The molecule has 0 atom stereocenters. The quantitative estimate of drug-likeness (QED) is 0.245. The zero-order valence-electron chi connectivity index (χ0n) is 19.4. The molecule has 0 unspecified atom stereocenters. The third kappa shape index (κ3) is 4.27. The molecular formula is C26H21FN4O4S. The molecule has 0 saturated carbocycles. The average molecular weight is 505 g/mol. The number of nitrogens with one attached hydrogen (secondary N) is 2. The van der Waals surface area contributed by atoms with E-state index in [1.54, 1.807) is 30.3 Å². The molecule has 182 valence electrons. The molecular weight excluding hydrogens is 483 g/mol. The lowest BCUT2D eigenvalue weighted by Gasteiger charge is -2.13. The Balaban J connectivity index is 1.51. The highest BCUT2D eigenvalue weighted by Crippen LogP contribution is 2.30. The minimum atomic E-state index is -0.575. The number of aromatic nitrogens is 3. The van der Waals surface area contributed by atoms with E-state index in [1.807, 2.05) is 24.3 Å². The van der Waals surface area contributed by atoms with Crippen LogP contribution in [0.2, 0.25) is 0 Å². The number of fused-ring (bicyclic) bond motifs is 3. The molecule has 0 saturated heterocycles. The number of H-pyrrole nitrogens is 1. The Morgan fingerprint density at radius 3 is 2.58 bits per heavy atom. The summed E-state index contributed by atoms with van der Waals surface area (Å²) in [5, 5.41) is 3.76. The SMILES string of the molecule is COc1ccc(NC(=O)CSc2nc3c([nH]c4ccccc43)c(=O)n2-c2ccccc2F)cc1OC. The number of methoxy groups -OCH3 is 2. The minimum Gasteiger partial charge on any atom is -0.493 e. The number of anilines is 1. The average Bonchev–Trinajstić information content (AvgIpc) is 3.27. The van der Waals surface area contributed by atoms with Crippen molar-refractivity contribution in [1.29, 1.82) is 0 Å². The summed E-state index contributed by atoms with van der Waals surface area (Å²) in [5.41, 5.74) is 1.59. The second kappa shape index (κ2) is 9.74. The van der Waals surface area contributed by atoms with Crippen LogP contribution in [0.25, 0.3) is 27.6 Å². The molecule has 0 aliphatic rings. The maximum atomic E-state index is 14.8. The highest BCUT2D eigenvalue weighted by atomic mass is 32.2. The molecule has 0 aliphatic carbocycles. The van der Waals surface area contributed by atoms with Crippen molar-refractivity contribution in [1.82, 2.24) is 14.5 Å². The van der Waals surface area contributed by atoms with Crippen molar-refractivity contribution in [3.63, 3.8) is 0 Å². The summed E-state index contributed by atoms with van der Waals surface area (Å²) >= 11 is 1.04. The van der Waals surface area contributed by atoms with E-state index in [0.29, 0.717) is 22.7 Å². The number of ether oxygens (including phenoxy) is 2. The summed E-state index contributed by atoms with van der Waals surface area (Å²) in [6.07, 6.45) is 0. The predicted octanol–water partition coefficient (Wildman–Crippen LogP) is 4.75. The molecule has 0 aliphatic heterocycles. The maximum absolute atomic E-state index is 14.8. The Morgan fingerprint density at radius 2 is 1.81 bits per heavy atom. The van der Waals surface area contributed by atoms with Crippen LogP contribution < -0.4 is 20.3 Å². The second-order valence-electron chi connectivity index (χ2n) is 7.79. The fraction of sp³-hybridized carbons (Fsp3) is 0.115. The molecule has 0 spiro atoms. The Labute approximate surface area is 209 Å². The zero-order valence-corrected chi connectivity index (χ0v) is 20.2. The van der Waals surface area contributed by atoms with E-state index in [1.165, 1.54) is 30.9 Å². The Hall–Kier alpha value is -4.31. The maximum Gasteiger partial charge on any atom is 0.283 e. The summed E-state index contributed by atoms with van der Waals surface area (Å²) in [6, 6.07) is 18.4. The highest BCUT2D eigenvalue weighted by Gasteiger charge is 2.20. The van der Waals surface area contributed by atoms with Gasteiger partial charge in [-0.15, -0.1) is 0 Å². The molecule has 5 aromatic rings. The van der Waals surface area contributed by atoms with Crippen LogP contribution in [0, 0.1) is 5.82 Å². The fourth-order valence-electron chi connectivity index (χ4n) is 3.93. The third-order valence-corrected chi connectivity index (χ3v) is 6.53. The lowest BCUT2D eigenvalue weighted by Crippen LogP contribution is -2.23. The van der Waals surface area contributed by atoms with E-state index in [4.69, 9.17) is 9.47 Å². The van der Waals surface area contributed by atoms with Crippen LogP contribution in [0.15, 0.2) is 76.7 Å². The number of carbonyl (C=O) groups is 1. The monoisotopic (exact) mass is 504 g/mol. The van der Waals surface area contributed by atoms with Gasteiger partial charge >= 0.3 is 0 Å². The number of aromatic amines is 1. The van der Waals surface area contributed by atoms with Crippen LogP contribution in [0.1, 0.15) is 0 Å². The lowest BCUT2D eigenvalue weighted by molar-refractivity contribution is -0.113. The fourth-order valence-corrected chi connectivity index (χ4v) is 4.72. The van der Waals surface area contributed by atoms with E-state index in [-0.39, 0.29) is 28.0 Å². The van der Waals surface area contributed by atoms with Gasteiger partial charge < -0.3 is 19.8 Å². The van der Waals surface area contributed by atoms with E-state index < -0.39 is 11.4 Å². The molecule has 0 radical (unpaired) electrons. The van der Waals surface area contributed by atoms with Crippen LogP contribution in [-0.2, 0) is 4.79 Å². The molecule has 2 heterocycles. The Bertz CT molecular complexity index is 1660. The van der Waals surface area contributed by atoms with Crippen molar-refractivity contribution in [2.45, 2.75) is 5.16 Å². The molecule has 10 heteroatoms.